The number of hydrogen-bond acceptors (Lipinski definition) is 4. The summed E-state index contributed by atoms with van der Waals surface area (Å²) in [5.74, 6) is 0. The molecule has 2 heterocycles. The van der Waals surface area contributed by atoms with Gasteiger partial charge in [0, 0.05) is 18.9 Å². The molecule has 0 fully saturated rings. The van der Waals surface area contributed by atoms with Gasteiger partial charge in [-0.25, -0.2) is 4.98 Å². The third kappa shape index (κ3) is 3.49. The Morgan fingerprint density at radius 1 is 1.14 bits per heavy atom. The SMILES string of the molecule is N#Cc1ccc(NCc2cccc(Cn3cccn3)c2)cn1. The van der Waals surface area contributed by atoms with Gasteiger partial charge in [-0.1, -0.05) is 24.3 Å². The van der Waals surface area contributed by atoms with E-state index in [0.29, 0.717) is 12.2 Å². The number of anilines is 1. The van der Waals surface area contributed by atoms with Crippen LogP contribution in [0.3, 0.4) is 0 Å². The van der Waals surface area contributed by atoms with E-state index in [-0.39, 0.29) is 0 Å². The summed E-state index contributed by atoms with van der Waals surface area (Å²) in [7, 11) is 0. The van der Waals surface area contributed by atoms with Crippen LogP contribution in [0.25, 0.3) is 0 Å². The molecule has 0 aliphatic heterocycles. The van der Waals surface area contributed by atoms with Crippen LogP contribution in [-0.4, -0.2) is 14.8 Å². The zero-order chi connectivity index (χ0) is 15.2. The molecular formula is C17H15N5. The van der Waals surface area contributed by atoms with E-state index in [1.807, 2.05) is 35.1 Å². The largest absolute Gasteiger partial charge is 0.380 e. The lowest BCUT2D eigenvalue weighted by atomic mass is 10.1. The van der Waals surface area contributed by atoms with Crippen LogP contribution in [0.1, 0.15) is 16.8 Å². The molecule has 108 valence electrons. The van der Waals surface area contributed by atoms with Gasteiger partial charge in [-0.15, -0.1) is 0 Å². The lowest BCUT2D eigenvalue weighted by Gasteiger charge is -2.08. The summed E-state index contributed by atoms with van der Waals surface area (Å²) in [6.07, 6.45) is 5.41. The summed E-state index contributed by atoms with van der Waals surface area (Å²) >= 11 is 0. The van der Waals surface area contributed by atoms with E-state index in [2.05, 4.69) is 33.6 Å². The van der Waals surface area contributed by atoms with E-state index >= 15 is 0 Å². The standard InChI is InChI=1S/C17H15N5/c18-10-16-5-6-17(12-20-16)19-11-14-3-1-4-15(9-14)13-22-8-2-7-21-22/h1-9,12,19H,11,13H2. The number of nitriles is 1. The number of pyridine rings is 1. The van der Waals surface area contributed by atoms with Crippen molar-refractivity contribution in [2.75, 3.05) is 5.32 Å². The van der Waals surface area contributed by atoms with Crippen LogP contribution in [0, 0.1) is 11.3 Å². The van der Waals surface area contributed by atoms with Crippen molar-refractivity contribution in [3.05, 3.63) is 77.9 Å². The van der Waals surface area contributed by atoms with Crippen molar-refractivity contribution < 1.29 is 0 Å². The minimum atomic E-state index is 0.423. The first-order chi connectivity index (χ1) is 10.8. The Morgan fingerprint density at radius 2 is 2.05 bits per heavy atom. The van der Waals surface area contributed by atoms with Gasteiger partial charge in [-0.2, -0.15) is 10.4 Å². The lowest BCUT2D eigenvalue weighted by molar-refractivity contribution is 0.686. The van der Waals surface area contributed by atoms with Crippen LogP contribution in [0.15, 0.2) is 61.1 Å². The van der Waals surface area contributed by atoms with Gasteiger partial charge in [0.1, 0.15) is 11.8 Å². The number of aromatic nitrogens is 3. The molecule has 0 amide bonds. The van der Waals surface area contributed by atoms with Crippen molar-refractivity contribution in [1.82, 2.24) is 14.8 Å². The number of nitrogens with zero attached hydrogens (tertiary/aromatic N) is 4. The highest BCUT2D eigenvalue weighted by molar-refractivity contribution is 5.43. The molecule has 0 radical (unpaired) electrons. The second-order valence-electron chi connectivity index (χ2n) is 4.92. The van der Waals surface area contributed by atoms with Crippen LogP contribution >= 0.6 is 0 Å². The molecule has 3 aromatic rings. The summed E-state index contributed by atoms with van der Waals surface area (Å²) in [6, 6.07) is 15.9. The maximum Gasteiger partial charge on any atom is 0.140 e. The summed E-state index contributed by atoms with van der Waals surface area (Å²) in [5, 5.41) is 16.3. The van der Waals surface area contributed by atoms with Gasteiger partial charge in [0.2, 0.25) is 0 Å². The van der Waals surface area contributed by atoms with Crippen molar-refractivity contribution in [2.24, 2.45) is 0 Å². The molecule has 5 heteroatoms. The molecule has 3 rings (SSSR count). The molecule has 5 nitrogen and oxygen atoms in total. The fourth-order valence-corrected chi connectivity index (χ4v) is 2.19. The third-order valence-corrected chi connectivity index (χ3v) is 3.27. The molecule has 0 saturated carbocycles. The number of nitrogens with one attached hydrogen (secondary N) is 1. The van der Waals surface area contributed by atoms with Gasteiger partial charge < -0.3 is 5.32 Å². The molecule has 0 atom stereocenters. The summed E-state index contributed by atoms with van der Waals surface area (Å²) in [4.78, 5) is 4.04. The van der Waals surface area contributed by atoms with E-state index in [9.17, 15) is 0 Å². The van der Waals surface area contributed by atoms with Crippen molar-refractivity contribution in [3.8, 4) is 6.07 Å². The molecule has 0 unspecified atom stereocenters. The van der Waals surface area contributed by atoms with Gasteiger partial charge in [0.25, 0.3) is 0 Å². The average molecular weight is 289 g/mol. The highest BCUT2D eigenvalue weighted by atomic mass is 15.3. The molecule has 0 spiro atoms. The van der Waals surface area contributed by atoms with E-state index in [4.69, 9.17) is 5.26 Å². The molecule has 1 aromatic carbocycles. The van der Waals surface area contributed by atoms with Gasteiger partial charge >= 0.3 is 0 Å². The Kier molecular flexibility index (Phi) is 4.12. The summed E-state index contributed by atoms with van der Waals surface area (Å²) in [6.45, 7) is 1.47. The normalized spacial score (nSPS) is 10.1. The van der Waals surface area contributed by atoms with Gasteiger partial charge in [0.05, 0.1) is 18.4 Å². The Labute approximate surface area is 128 Å². The molecule has 0 saturated heterocycles. The Balaban J connectivity index is 1.63. The number of rotatable bonds is 5. The average Bonchev–Trinajstić information content (AvgIpc) is 3.07. The Bertz CT molecular complexity index is 770. The van der Waals surface area contributed by atoms with Crippen LogP contribution < -0.4 is 5.32 Å². The molecule has 22 heavy (non-hydrogen) atoms. The minimum absolute atomic E-state index is 0.423. The van der Waals surface area contributed by atoms with Gasteiger partial charge in [-0.3, -0.25) is 4.68 Å². The van der Waals surface area contributed by atoms with Gasteiger partial charge in [-0.05, 0) is 29.3 Å². The van der Waals surface area contributed by atoms with E-state index in [1.54, 1.807) is 18.5 Å². The van der Waals surface area contributed by atoms with E-state index in [1.165, 1.54) is 11.1 Å². The molecule has 0 bridgehead atoms. The van der Waals surface area contributed by atoms with Crippen molar-refractivity contribution in [2.45, 2.75) is 13.1 Å². The summed E-state index contributed by atoms with van der Waals surface area (Å²) in [5.41, 5.74) is 3.72. The fraction of sp³-hybridized carbons (Fsp3) is 0.118. The second kappa shape index (κ2) is 6.55. The van der Waals surface area contributed by atoms with E-state index in [0.717, 1.165) is 12.2 Å². The van der Waals surface area contributed by atoms with Crippen LogP contribution in [0.4, 0.5) is 5.69 Å². The third-order valence-electron chi connectivity index (χ3n) is 3.27. The fourth-order valence-electron chi connectivity index (χ4n) is 2.19. The number of hydrogen-bond donors (Lipinski definition) is 1. The summed E-state index contributed by atoms with van der Waals surface area (Å²) < 4.78 is 1.90. The van der Waals surface area contributed by atoms with Crippen molar-refractivity contribution >= 4 is 5.69 Å². The van der Waals surface area contributed by atoms with Crippen molar-refractivity contribution in [1.29, 1.82) is 5.26 Å². The van der Waals surface area contributed by atoms with Crippen LogP contribution in [0.2, 0.25) is 0 Å². The quantitative estimate of drug-likeness (QED) is 0.784. The molecule has 0 aliphatic carbocycles. The topological polar surface area (TPSA) is 66.5 Å². The number of benzene rings is 1. The first-order valence-electron chi connectivity index (χ1n) is 6.99. The second-order valence-corrected chi connectivity index (χ2v) is 4.92. The zero-order valence-corrected chi connectivity index (χ0v) is 12.0. The molecule has 1 N–H and O–H groups in total. The van der Waals surface area contributed by atoms with Crippen LogP contribution in [-0.2, 0) is 13.1 Å². The Morgan fingerprint density at radius 3 is 2.77 bits per heavy atom. The molecule has 0 aliphatic rings. The molecular weight excluding hydrogens is 274 g/mol. The maximum atomic E-state index is 8.73. The van der Waals surface area contributed by atoms with Crippen molar-refractivity contribution in [3.63, 3.8) is 0 Å². The highest BCUT2D eigenvalue weighted by Crippen LogP contribution is 2.11. The molecule has 2 aromatic heterocycles. The van der Waals surface area contributed by atoms with Crippen LogP contribution in [0.5, 0.6) is 0 Å². The smallest absolute Gasteiger partial charge is 0.140 e. The predicted molar refractivity (Wildman–Crippen MR) is 84.0 cm³/mol. The first kappa shape index (κ1) is 13.8. The van der Waals surface area contributed by atoms with Gasteiger partial charge in [0.15, 0.2) is 0 Å². The first-order valence-corrected chi connectivity index (χ1v) is 6.99. The predicted octanol–water partition coefficient (Wildman–Crippen LogP) is 2.81. The monoisotopic (exact) mass is 289 g/mol. The Hall–Kier alpha value is -3.13. The van der Waals surface area contributed by atoms with E-state index < -0.39 is 0 Å². The lowest BCUT2D eigenvalue weighted by Crippen LogP contribution is -2.03. The maximum absolute atomic E-state index is 8.73. The zero-order valence-electron chi connectivity index (χ0n) is 12.0. The highest BCUT2D eigenvalue weighted by Gasteiger charge is 1.99. The minimum Gasteiger partial charge on any atom is -0.380 e.